The molecule has 1 unspecified atom stereocenters. The molecule has 1 aromatic carbocycles. The first kappa shape index (κ1) is 9.23. The summed E-state index contributed by atoms with van der Waals surface area (Å²) in [7, 11) is 0. The lowest BCUT2D eigenvalue weighted by Gasteiger charge is -2.27. The van der Waals surface area contributed by atoms with Gasteiger partial charge in [-0.2, -0.15) is 0 Å². The average molecular weight is 223 g/mol. The van der Waals surface area contributed by atoms with Gasteiger partial charge < -0.3 is 5.32 Å². The number of carbonyl (C=O) groups excluding carboxylic acids is 1. The van der Waals surface area contributed by atoms with E-state index in [2.05, 4.69) is 53.9 Å². The van der Waals surface area contributed by atoms with Gasteiger partial charge in [-0.05, 0) is 11.1 Å². The third kappa shape index (κ3) is 1.08. The SMILES string of the molecule is O=C1CC23C=CC(C=C2)c2ccccc2C3N1. The third-order valence-electron chi connectivity index (χ3n) is 4.20. The molecule has 1 atom stereocenters. The Hall–Kier alpha value is -1.83. The Kier molecular flexibility index (Phi) is 1.57. The molecule has 1 amide bonds. The maximum atomic E-state index is 11.7. The molecule has 2 nitrogen and oxygen atoms in total. The number of hydrogen-bond donors (Lipinski definition) is 1. The summed E-state index contributed by atoms with van der Waals surface area (Å²) < 4.78 is 0. The van der Waals surface area contributed by atoms with E-state index < -0.39 is 0 Å². The van der Waals surface area contributed by atoms with Gasteiger partial charge in [-0.25, -0.2) is 0 Å². The molecule has 1 aromatic rings. The van der Waals surface area contributed by atoms with E-state index in [-0.39, 0.29) is 17.4 Å². The average Bonchev–Trinajstić information content (AvgIpc) is 2.55. The van der Waals surface area contributed by atoms with Crippen LogP contribution in [0.4, 0.5) is 0 Å². The minimum absolute atomic E-state index is 0.117. The van der Waals surface area contributed by atoms with Crippen molar-refractivity contribution < 1.29 is 4.79 Å². The van der Waals surface area contributed by atoms with Crippen LogP contribution in [0.3, 0.4) is 0 Å². The van der Waals surface area contributed by atoms with Crippen LogP contribution in [0, 0.1) is 5.41 Å². The molecule has 1 heterocycles. The highest BCUT2D eigenvalue weighted by molar-refractivity contribution is 5.82. The molecule has 1 saturated heterocycles. The summed E-state index contributed by atoms with van der Waals surface area (Å²) in [5, 5.41) is 3.13. The van der Waals surface area contributed by atoms with E-state index >= 15 is 0 Å². The fraction of sp³-hybridized carbons (Fsp3) is 0.267. The smallest absolute Gasteiger partial charge is 0.221 e. The highest BCUT2D eigenvalue weighted by Crippen LogP contribution is 2.52. The standard InChI is InChI=1S/C15H13NO/c17-13-9-15-7-5-10(6-8-15)11-3-1-2-4-12(11)14(15)16-13/h1-8,10,14H,9H2,(H,16,17). The Morgan fingerprint density at radius 1 is 1.12 bits per heavy atom. The lowest BCUT2D eigenvalue weighted by molar-refractivity contribution is -0.119. The van der Waals surface area contributed by atoms with Crippen LogP contribution in [-0.4, -0.2) is 5.91 Å². The molecule has 0 radical (unpaired) electrons. The first-order valence-electron chi connectivity index (χ1n) is 6.05. The van der Waals surface area contributed by atoms with Gasteiger partial charge in [-0.1, -0.05) is 48.6 Å². The number of carbonyl (C=O) groups is 1. The quantitative estimate of drug-likeness (QED) is 0.672. The second-order valence-electron chi connectivity index (χ2n) is 5.16. The van der Waals surface area contributed by atoms with Crippen molar-refractivity contribution in [2.75, 3.05) is 0 Å². The van der Waals surface area contributed by atoms with Crippen molar-refractivity contribution in [1.82, 2.24) is 5.32 Å². The fourth-order valence-electron chi connectivity index (χ4n) is 3.37. The zero-order chi connectivity index (χ0) is 11.5. The van der Waals surface area contributed by atoms with E-state index in [4.69, 9.17) is 0 Å². The van der Waals surface area contributed by atoms with E-state index in [0.29, 0.717) is 12.3 Å². The Bertz CT molecular complexity index is 556. The molecule has 0 saturated carbocycles. The van der Waals surface area contributed by atoms with Crippen molar-refractivity contribution in [3.05, 3.63) is 59.7 Å². The molecule has 1 aliphatic heterocycles. The Labute approximate surface area is 100 Å². The zero-order valence-electron chi connectivity index (χ0n) is 9.39. The largest absolute Gasteiger partial charge is 0.348 e. The molecule has 1 N–H and O–H groups in total. The second-order valence-corrected chi connectivity index (χ2v) is 5.16. The molecule has 2 bridgehead atoms. The van der Waals surface area contributed by atoms with E-state index in [1.807, 2.05) is 0 Å². The van der Waals surface area contributed by atoms with Gasteiger partial charge in [0, 0.05) is 17.8 Å². The highest BCUT2D eigenvalue weighted by Gasteiger charge is 2.47. The van der Waals surface area contributed by atoms with Gasteiger partial charge in [-0.15, -0.1) is 0 Å². The first-order valence-corrected chi connectivity index (χ1v) is 6.05. The summed E-state index contributed by atoms with van der Waals surface area (Å²) in [5.41, 5.74) is 2.48. The normalized spacial score (nSPS) is 36.4. The van der Waals surface area contributed by atoms with E-state index in [1.165, 1.54) is 11.1 Å². The van der Waals surface area contributed by atoms with Gasteiger partial charge in [0.2, 0.25) is 5.91 Å². The van der Waals surface area contributed by atoms with Crippen LogP contribution in [0.25, 0.3) is 0 Å². The number of benzene rings is 1. The highest BCUT2D eigenvalue weighted by atomic mass is 16.2. The molecule has 17 heavy (non-hydrogen) atoms. The van der Waals surface area contributed by atoms with Crippen LogP contribution in [0.2, 0.25) is 0 Å². The second kappa shape index (κ2) is 2.89. The maximum absolute atomic E-state index is 11.7. The van der Waals surface area contributed by atoms with Crippen LogP contribution in [-0.2, 0) is 4.79 Å². The van der Waals surface area contributed by atoms with Crippen LogP contribution in [0.5, 0.6) is 0 Å². The number of rotatable bonds is 0. The number of allylic oxidation sites excluding steroid dienone is 2. The third-order valence-corrected chi connectivity index (χ3v) is 4.20. The Balaban J connectivity index is 2.01. The molecule has 4 aliphatic rings. The molecule has 3 aliphatic carbocycles. The Morgan fingerprint density at radius 2 is 1.82 bits per heavy atom. The molecule has 1 spiro atoms. The van der Waals surface area contributed by atoms with Crippen molar-refractivity contribution >= 4 is 5.91 Å². The molecular formula is C15H13NO. The molecule has 84 valence electrons. The topological polar surface area (TPSA) is 29.1 Å². The van der Waals surface area contributed by atoms with Crippen molar-refractivity contribution in [3.8, 4) is 0 Å². The minimum Gasteiger partial charge on any atom is -0.348 e. The van der Waals surface area contributed by atoms with Gasteiger partial charge in [-0.3, -0.25) is 4.79 Å². The summed E-state index contributed by atoms with van der Waals surface area (Å²) in [5.74, 6) is 0.527. The van der Waals surface area contributed by atoms with Crippen molar-refractivity contribution in [3.63, 3.8) is 0 Å². The zero-order valence-corrected chi connectivity index (χ0v) is 9.39. The summed E-state index contributed by atoms with van der Waals surface area (Å²) in [4.78, 5) is 11.7. The van der Waals surface area contributed by atoms with Crippen LogP contribution >= 0.6 is 0 Å². The summed E-state index contributed by atoms with van der Waals surface area (Å²) in [6.07, 6.45) is 9.49. The van der Waals surface area contributed by atoms with Gasteiger partial charge in [0.05, 0.1) is 6.04 Å². The molecule has 0 aromatic heterocycles. The van der Waals surface area contributed by atoms with E-state index in [0.717, 1.165) is 0 Å². The Morgan fingerprint density at radius 3 is 2.59 bits per heavy atom. The first-order chi connectivity index (χ1) is 8.28. The summed E-state index contributed by atoms with van der Waals surface area (Å²) in [6.45, 7) is 0. The predicted octanol–water partition coefficient (Wildman–Crippen LogP) is 2.46. The summed E-state index contributed by atoms with van der Waals surface area (Å²) >= 11 is 0. The van der Waals surface area contributed by atoms with Crippen molar-refractivity contribution in [2.45, 2.75) is 18.4 Å². The van der Waals surface area contributed by atoms with Gasteiger partial charge in [0.15, 0.2) is 0 Å². The maximum Gasteiger partial charge on any atom is 0.221 e. The van der Waals surface area contributed by atoms with Crippen LogP contribution in [0.15, 0.2) is 48.6 Å². The van der Waals surface area contributed by atoms with Gasteiger partial charge in [0.25, 0.3) is 0 Å². The van der Waals surface area contributed by atoms with E-state index in [1.54, 1.807) is 0 Å². The van der Waals surface area contributed by atoms with Gasteiger partial charge in [0.1, 0.15) is 0 Å². The van der Waals surface area contributed by atoms with E-state index in [9.17, 15) is 4.79 Å². The van der Waals surface area contributed by atoms with Gasteiger partial charge >= 0.3 is 0 Å². The monoisotopic (exact) mass is 223 g/mol. The lowest BCUT2D eigenvalue weighted by atomic mass is 9.77. The van der Waals surface area contributed by atoms with Crippen LogP contribution in [0.1, 0.15) is 29.5 Å². The summed E-state index contributed by atoms with van der Waals surface area (Å²) in [6, 6.07) is 8.56. The minimum atomic E-state index is -0.125. The number of amides is 1. The molecular weight excluding hydrogens is 210 g/mol. The van der Waals surface area contributed by atoms with Crippen LogP contribution < -0.4 is 5.32 Å². The fourth-order valence-corrected chi connectivity index (χ4v) is 3.37. The number of hydrogen-bond acceptors (Lipinski definition) is 1. The molecule has 5 rings (SSSR count). The van der Waals surface area contributed by atoms with Crippen molar-refractivity contribution in [1.29, 1.82) is 0 Å². The predicted molar refractivity (Wildman–Crippen MR) is 65.4 cm³/mol. The molecule has 2 heteroatoms. The number of nitrogens with one attached hydrogen (secondary N) is 1. The molecule has 1 fully saturated rings. The van der Waals surface area contributed by atoms with Crippen molar-refractivity contribution in [2.24, 2.45) is 5.41 Å². The lowest BCUT2D eigenvalue weighted by Crippen LogP contribution is -2.25.